The second-order valence-corrected chi connectivity index (χ2v) is 13.9. The van der Waals surface area contributed by atoms with Crippen LogP contribution in [-0.2, 0) is 0 Å². The van der Waals surface area contributed by atoms with Gasteiger partial charge in [0.05, 0.1) is 22.1 Å². The monoisotopic (exact) mass is 715 g/mol. The number of rotatable bonds is 5. The van der Waals surface area contributed by atoms with Crippen LogP contribution in [0.4, 0.5) is 0 Å². The molecule has 260 valence electrons. The summed E-state index contributed by atoms with van der Waals surface area (Å²) < 4.78 is 0. The summed E-state index contributed by atoms with van der Waals surface area (Å²) >= 11 is 0. The van der Waals surface area contributed by atoms with Crippen LogP contribution in [0.25, 0.3) is 111 Å². The number of nitrogens with zero attached hydrogens (tertiary/aromatic N) is 7. The predicted octanol–water partition coefficient (Wildman–Crippen LogP) is 11.6. The van der Waals surface area contributed by atoms with Crippen molar-refractivity contribution in [2.24, 2.45) is 0 Å². The Hall–Kier alpha value is -7.77. The van der Waals surface area contributed by atoms with Gasteiger partial charge in [0.1, 0.15) is 0 Å². The average Bonchev–Trinajstić information content (AvgIpc) is 3.28. The van der Waals surface area contributed by atoms with Crippen molar-refractivity contribution in [3.8, 4) is 56.4 Å². The standard InChI is InChI=1S/C49H29N7/c1-2-10-41-32(6-1)7-3-11-42(41)49-55-47(35-18-12-30(13-19-35)39-26-37-22-16-33-8-4-24-50-43(33)45(37)52-28-39)54-48(56-49)36-20-14-31(15-21-36)40-27-38-23-17-34-9-5-25-51-44(34)46(38)53-29-40/h1-29H. The van der Waals surface area contributed by atoms with Crippen LogP contribution in [0, 0.1) is 0 Å². The minimum atomic E-state index is 0.599. The van der Waals surface area contributed by atoms with Gasteiger partial charge in [0.15, 0.2) is 17.5 Å². The van der Waals surface area contributed by atoms with E-state index in [2.05, 4.69) is 137 Å². The molecule has 7 nitrogen and oxygen atoms in total. The number of aromatic nitrogens is 7. The van der Waals surface area contributed by atoms with Gasteiger partial charge in [-0.15, -0.1) is 0 Å². The highest BCUT2D eigenvalue weighted by Crippen LogP contribution is 2.33. The third kappa shape index (κ3) is 5.49. The topological polar surface area (TPSA) is 90.2 Å². The van der Waals surface area contributed by atoms with Gasteiger partial charge in [0, 0.05) is 74.1 Å². The molecule has 56 heavy (non-hydrogen) atoms. The first-order valence-corrected chi connectivity index (χ1v) is 18.4. The Morgan fingerprint density at radius 1 is 0.286 bits per heavy atom. The maximum atomic E-state index is 5.08. The van der Waals surface area contributed by atoms with Crippen LogP contribution in [0.3, 0.4) is 0 Å². The third-order valence-corrected chi connectivity index (χ3v) is 10.5. The zero-order valence-corrected chi connectivity index (χ0v) is 29.9. The van der Waals surface area contributed by atoms with Crippen LogP contribution in [0.15, 0.2) is 176 Å². The molecule has 7 heteroatoms. The van der Waals surface area contributed by atoms with Crippen LogP contribution < -0.4 is 0 Å². The number of benzene rings is 6. The maximum absolute atomic E-state index is 5.08. The molecule has 0 spiro atoms. The highest BCUT2D eigenvalue weighted by molar-refractivity contribution is 6.04. The zero-order valence-electron chi connectivity index (χ0n) is 29.9. The van der Waals surface area contributed by atoms with Crippen molar-refractivity contribution < 1.29 is 0 Å². The van der Waals surface area contributed by atoms with Gasteiger partial charge in [-0.1, -0.05) is 127 Å². The van der Waals surface area contributed by atoms with E-state index in [9.17, 15) is 0 Å². The Morgan fingerprint density at radius 2 is 0.732 bits per heavy atom. The van der Waals surface area contributed by atoms with Crippen molar-refractivity contribution in [3.63, 3.8) is 0 Å². The van der Waals surface area contributed by atoms with Crippen LogP contribution >= 0.6 is 0 Å². The average molecular weight is 716 g/mol. The SMILES string of the molecule is c1ccc2c(-c3nc(-c4ccc(-c5cnc6c(ccc7cccnc76)c5)cc4)nc(-c4ccc(-c5cnc6c(ccc7cccnc76)c5)cc4)n3)cccc2c1. The molecule has 11 aromatic rings. The van der Waals surface area contributed by atoms with Crippen molar-refractivity contribution in [1.29, 1.82) is 0 Å². The molecule has 0 fully saturated rings. The summed E-state index contributed by atoms with van der Waals surface area (Å²) in [4.78, 5) is 34.1. The zero-order chi connectivity index (χ0) is 37.0. The van der Waals surface area contributed by atoms with E-state index in [1.165, 1.54) is 0 Å². The first kappa shape index (κ1) is 31.7. The fraction of sp³-hybridized carbons (Fsp3) is 0. The Labute approximate surface area is 321 Å². The number of hydrogen-bond acceptors (Lipinski definition) is 7. The van der Waals surface area contributed by atoms with Gasteiger partial charge in [-0.25, -0.2) is 15.0 Å². The molecule has 5 aromatic heterocycles. The molecule has 0 N–H and O–H groups in total. The Balaban J connectivity index is 0.976. The summed E-state index contributed by atoms with van der Waals surface area (Å²) in [7, 11) is 0. The molecule has 0 bridgehead atoms. The van der Waals surface area contributed by atoms with Gasteiger partial charge in [-0.05, 0) is 46.2 Å². The van der Waals surface area contributed by atoms with Crippen LogP contribution in [-0.4, -0.2) is 34.9 Å². The van der Waals surface area contributed by atoms with Crippen molar-refractivity contribution in [2.45, 2.75) is 0 Å². The molecule has 6 aromatic carbocycles. The number of hydrogen-bond donors (Lipinski definition) is 0. The first-order chi connectivity index (χ1) is 27.7. The lowest BCUT2D eigenvalue weighted by atomic mass is 10.0. The Kier molecular flexibility index (Phi) is 7.35. The summed E-state index contributed by atoms with van der Waals surface area (Å²) in [6.45, 7) is 0. The minimum Gasteiger partial charge on any atom is -0.254 e. The Morgan fingerprint density at radius 3 is 1.30 bits per heavy atom. The van der Waals surface area contributed by atoms with Crippen molar-refractivity contribution in [2.75, 3.05) is 0 Å². The van der Waals surface area contributed by atoms with E-state index in [0.717, 1.165) is 93.3 Å². The number of fused-ring (bicyclic) bond motifs is 7. The smallest absolute Gasteiger partial charge is 0.164 e. The van der Waals surface area contributed by atoms with Gasteiger partial charge >= 0.3 is 0 Å². The molecule has 0 radical (unpaired) electrons. The predicted molar refractivity (Wildman–Crippen MR) is 226 cm³/mol. The lowest BCUT2D eigenvalue weighted by molar-refractivity contribution is 1.08. The third-order valence-electron chi connectivity index (χ3n) is 10.5. The van der Waals surface area contributed by atoms with E-state index in [1.807, 2.05) is 49.1 Å². The quantitative estimate of drug-likeness (QED) is 0.164. The number of pyridine rings is 4. The lowest BCUT2D eigenvalue weighted by Gasteiger charge is -2.11. The highest BCUT2D eigenvalue weighted by atomic mass is 15.0. The summed E-state index contributed by atoms with van der Waals surface area (Å²) in [5, 5.41) is 6.47. The molecule has 0 aliphatic carbocycles. The Bertz CT molecular complexity index is 3120. The molecule has 0 atom stereocenters. The van der Waals surface area contributed by atoms with Crippen molar-refractivity contribution in [3.05, 3.63) is 176 Å². The summed E-state index contributed by atoms with van der Waals surface area (Å²) in [6.07, 6.45) is 7.46. The van der Waals surface area contributed by atoms with E-state index < -0.39 is 0 Å². The first-order valence-electron chi connectivity index (χ1n) is 18.4. The van der Waals surface area contributed by atoms with Gasteiger partial charge in [0.25, 0.3) is 0 Å². The van der Waals surface area contributed by atoms with Gasteiger partial charge in [0.2, 0.25) is 0 Å². The summed E-state index contributed by atoms with van der Waals surface area (Å²) in [6, 6.07) is 52.0. The van der Waals surface area contributed by atoms with Gasteiger partial charge in [-0.3, -0.25) is 19.9 Å². The molecule has 0 saturated heterocycles. The van der Waals surface area contributed by atoms with E-state index in [4.69, 9.17) is 24.9 Å². The molecule has 0 saturated carbocycles. The van der Waals surface area contributed by atoms with Crippen molar-refractivity contribution >= 4 is 54.4 Å². The van der Waals surface area contributed by atoms with E-state index in [0.29, 0.717) is 17.5 Å². The van der Waals surface area contributed by atoms with Crippen LogP contribution in [0.2, 0.25) is 0 Å². The molecular formula is C49H29N7. The normalized spacial score (nSPS) is 11.6. The fourth-order valence-corrected chi connectivity index (χ4v) is 7.59. The molecule has 0 aliphatic heterocycles. The summed E-state index contributed by atoms with van der Waals surface area (Å²) in [5.74, 6) is 1.82. The molecule has 5 heterocycles. The fourth-order valence-electron chi connectivity index (χ4n) is 7.59. The second-order valence-electron chi connectivity index (χ2n) is 13.9. The van der Waals surface area contributed by atoms with Gasteiger partial charge in [-0.2, -0.15) is 0 Å². The molecule has 11 rings (SSSR count). The lowest BCUT2D eigenvalue weighted by Crippen LogP contribution is -2.00. The van der Waals surface area contributed by atoms with Crippen molar-refractivity contribution in [1.82, 2.24) is 34.9 Å². The molecule has 0 amide bonds. The maximum Gasteiger partial charge on any atom is 0.164 e. The molecule has 0 aliphatic rings. The van der Waals surface area contributed by atoms with E-state index >= 15 is 0 Å². The highest BCUT2D eigenvalue weighted by Gasteiger charge is 2.15. The molecular weight excluding hydrogens is 687 g/mol. The van der Waals surface area contributed by atoms with Gasteiger partial charge < -0.3 is 0 Å². The largest absolute Gasteiger partial charge is 0.254 e. The second kappa shape index (κ2) is 13.0. The van der Waals surface area contributed by atoms with E-state index in [1.54, 1.807) is 0 Å². The molecule has 0 unspecified atom stereocenters. The van der Waals surface area contributed by atoms with Crippen LogP contribution in [0.1, 0.15) is 0 Å². The van der Waals surface area contributed by atoms with E-state index in [-0.39, 0.29) is 0 Å². The summed E-state index contributed by atoms with van der Waals surface area (Å²) in [5.41, 5.74) is 10.5. The minimum absolute atomic E-state index is 0.599. The van der Waals surface area contributed by atoms with Crippen LogP contribution in [0.5, 0.6) is 0 Å².